The summed E-state index contributed by atoms with van der Waals surface area (Å²) < 4.78 is 4.46. The van der Waals surface area contributed by atoms with E-state index in [0.29, 0.717) is 12.7 Å². The largest absolute Gasteiger partial charge is 0.513 e. The summed E-state index contributed by atoms with van der Waals surface area (Å²) in [6, 6.07) is 9.10. The van der Waals surface area contributed by atoms with E-state index in [2.05, 4.69) is 4.74 Å². The van der Waals surface area contributed by atoms with Crippen LogP contribution in [0, 0.1) is 0 Å². The highest BCUT2D eigenvalue weighted by molar-refractivity contribution is 5.89. The number of ether oxygens (including phenoxy) is 1. The highest BCUT2D eigenvalue weighted by atomic mass is 16.5. The van der Waals surface area contributed by atoms with E-state index < -0.39 is 5.97 Å². The van der Waals surface area contributed by atoms with Gasteiger partial charge in [-0.25, -0.2) is 4.79 Å². The molecule has 17 heavy (non-hydrogen) atoms. The summed E-state index contributed by atoms with van der Waals surface area (Å²) in [5.74, 6) is -0.768. The lowest BCUT2D eigenvalue weighted by Crippen LogP contribution is -2.26. The quantitative estimate of drug-likeness (QED) is 0.274. The molecule has 0 saturated carbocycles. The zero-order valence-corrected chi connectivity index (χ0v) is 9.37. The van der Waals surface area contributed by atoms with Crippen LogP contribution < -0.4 is 0 Å². The molecule has 0 aliphatic carbocycles. The number of amides is 1. The summed E-state index contributed by atoms with van der Waals surface area (Å²) in [5.41, 5.74) is 0.634. The van der Waals surface area contributed by atoms with Crippen LogP contribution >= 0.6 is 0 Å². The summed E-state index contributed by atoms with van der Waals surface area (Å²) in [4.78, 5) is 23.2. The minimum Gasteiger partial charge on any atom is -0.513 e. The van der Waals surface area contributed by atoms with Crippen LogP contribution in [0.1, 0.15) is 5.56 Å². The molecule has 5 heteroatoms. The molecule has 1 amide bonds. The molecule has 90 valence electrons. The summed E-state index contributed by atoms with van der Waals surface area (Å²) in [6.07, 6.45) is 1.02. The third-order valence-electron chi connectivity index (χ3n) is 2.15. The van der Waals surface area contributed by atoms with Crippen molar-refractivity contribution in [2.45, 2.75) is 6.54 Å². The van der Waals surface area contributed by atoms with Crippen molar-refractivity contribution in [2.75, 3.05) is 7.11 Å². The predicted octanol–water partition coefficient (Wildman–Crippen LogP) is 1.22. The lowest BCUT2D eigenvalue weighted by Gasteiger charge is -2.17. The van der Waals surface area contributed by atoms with Gasteiger partial charge in [-0.3, -0.25) is 4.79 Å². The molecule has 0 aliphatic rings. The second-order valence-electron chi connectivity index (χ2n) is 3.22. The van der Waals surface area contributed by atoms with E-state index in [4.69, 9.17) is 5.11 Å². The van der Waals surface area contributed by atoms with Crippen LogP contribution in [0.2, 0.25) is 0 Å². The van der Waals surface area contributed by atoms with Crippen molar-refractivity contribution in [2.24, 2.45) is 0 Å². The number of hydrogen-bond acceptors (Lipinski definition) is 4. The van der Waals surface area contributed by atoms with E-state index in [9.17, 15) is 9.59 Å². The molecular weight excluding hydrogens is 223 g/mol. The van der Waals surface area contributed by atoms with Gasteiger partial charge in [-0.15, -0.1) is 0 Å². The fourth-order valence-corrected chi connectivity index (χ4v) is 1.31. The Labute approximate surface area is 98.9 Å². The van der Waals surface area contributed by atoms with Crippen molar-refractivity contribution in [3.63, 3.8) is 0 Å². The Bertz CT molecular complexity index is 414. The summed E-state index contributed by atoms with van der Waals surface area (Å²) in [6.45, 7) is 0.186. The van der Waals surface area contributed by atoms with Crippen LogP contribution in [-0.4, -0.2) is 29.5 Å². The van der Waals surface area contributed by atoms with E-state index in [0.717, 1.165) is 10.5 Å². The average molecular weight is 236 g/mol. The maximum atomic E-state index is 11.3. The molecule has 0 saturated heterocycles. The number of aliphatic hydroxyl groups is 1. The standard InChI is InChI=1S/C12H13NO4/c1-17-12(16)11(8-14)13(9-15)7-10-5-3-2-4-6-10/h2-6,8-9,14H,7H2,1H3/b11-8+/i13+1. The molecule has 0 heterocycles. The van der Waals surface area contributed by atoms with Gasteiger partial charge in [0.2, 0.25) is 6.41 Å². The second-order valence-corrected chi connectivity index (χ2v) is 3.22. The lowest BCUT2D eigenvalue weighted by molar-refractivity contribution is -0.140. The van der Waals surface area contributed by atoms with Crippen molar-refractivity contribution >= 4 is 12.4 Å². The normalized spacial score (nSPS) is 10.8. The monoisotopic (exact) mass is 236 g/mol. The van der Waals surface area contributed by atoms with Crippen molar-refractivity contribution in [1.82, 2.24) is 4.90 Å². The number of benzene rings is 1. The molecule has 0 unspecified atom stereocenters. The fourth-order valence-electron chi connectivity index (χ4n) is 1.31. The van der Waals surface area contributed by atoms with E-state index >= 15 is 0 Å². The third-order valence-corrected chi connectivity index (χ3v) is 2.15. The smallest absolute Gasteiger partial charge is 0.357 e. The minimum atomic E-state index is -0.768. The van der Waals surface area contributed by atoms with Gasteiger partial charge < -0.3 is 14.7 Å². The predicted molar refractivity (Wildman–Crippen MR) is 60.8 cm³/mol. The van der Waals surface area contributed by atoms with E-state index in [-0.39, 0.29) is 12.2 Å². The van der Waals surface area contributed by atoms with Crippen LogP contribution in [0.25, 0.3) is 0 Å². The fraction of sp³-hybridized carbons (Fsp3) is 0.167. The molecule has 0 fully saturated rings. The van der Waals surface area contributed by atoms with Gasteiger partial charge in [0.25, 0.3) is 0 Å². The first-order valence-electron chi connectivity index (χ1n) is 4.91. The summed E-state index contributed by atoms with van der Waals surface area (Å²) in [7, 11) is 1.18. The highest BCUT2D eigenvalue weighted by Gasteiger charge is 2.18. The molecule has 0 bridgehead atoms. The lowest BCUT2D eigenvalue weighted by atomic mass is 10.2. The maximum absolute atomic E-state index is 11.3. The van der Waals surface area contributed by atoms with Crippen molar-refractivity contribution in [3.8, 4) is 0 Å². The third kappa shape index (κ3) is 3.34. The second kappa shape index (κ2) is 6.32. The number of rotatable bonds is 5. The highest BCUT2D eigenvalue weighted by Crippen LogP contribution is 2.09. The Kier molecular flexibility index (Phi) is 4.75. The number of esters is 1. The van der Waals surface area contributed by atoms with Gasteiger partial charge in [-0.2, -0.15) is 0 Å². The van der Waals surface area contributed by atoms with Crippen LogP contribution in [0.5, 0.6) is 0 Å². The Hall–Kier alpha value is -2.30. The molecule has 1 N–H and O–H groups in total. The van der Waals surface area contributed by atoms with Gasteiger partial charge in [0.1, 0.15) is 6.26 Å². The first-order valence-corrected chi connectivity index (χ1v) is 4.91. The van der Waals surface area contributed by atoms with Crippen molar-refractivity contribution in [3.05, 3.63) is 47.9 Å². The van der Waals surface area contributed by atoms with E-state index in [1.165, 1.54) is 7.11 Å². The molecular formula is C12H13NO4. The number of carbonyl (C=O) groups excluding carboxylic acids is 2. The van der Waals surface area contributed by atoms with Crippen molar-refractivity contribution in [1.29, 1.82) is 0 Å². The molecule has 0 atom stereocenters. The Morgan fingerprint density at radius 1 is 1.41 bits per heavy atom. The molecule has 1 rings (SSSR count). The van der Waals surface area contributed by atoms with Crippen molar-refractivity contribution < 1.29 is 19.4 Å². The van der Waals surface area contributed by atoms with Gasteiger partial charge in [0.05, 0.1) is 13.7 Å². The van der Waals surface area contributed by atoms with Crippen LogP contribution in [0.15, 0.2) is 42.3 Å². The molecule has 5 nitrogen and oxygen atoms in total. The molecule has 0 aromatic heterocycles. The Morgan fingerprint density at radius 3 is 2.53 bits per heavy atom. The molecule has 0 spiro atoms. The molecule has 1 aromatic rings. The molecule has 0 radical (unpaired) electrons. The first kappa shape index (κ1) is 12.8. The topological polar surface area (TPSA) is 66.8 Å². The van der Waals surface area contributed by atoms with Crippen LogP contribution in [0.4, 0.5) is 0 Å². The number of methoxy groups -OCH3 is 1. The van der Waals surface area contributed by atoms with E-state index in [1.54, 1.807) is 0 Å². The SMILES string of the molecule is COC(=O)/C(=C\O)[15N](C=O)Cc1ccccc1. The zero-order chi connectivity index (χ0) is 12.7. The van der Waals surface area contributed by atoms with Gasteiger partial charge in [-0.1, -0.05) is 30.3 Å². The maximum Gasteiger partial charge on any atom is 0.357 e. The molecule has 0 aliphatic heterocycles. The number of carbonyl (C=O) groups is 2. The molecule has 1 aromatic carbocycles. The Balaban J connectivity index is 2.85. The average Bonchev–Trinajstić information content (AvgIpc) is 2.39. The van der Waals surface area contributed by atoms with E-state index in [1.807, 2.05) is 30.3 Å². The van der Waals surface area contributed by atoms with Gasteiger partial charge in [0, 0.05) is 0 Å². The van der Waals surface area contributed by atoms with Crippen LogP contribution in [0.3, 0.4) is 0 Å². The van der Waals surface area contributed by atoms with Gasteiger partial charge in [0.15, 0.2) is 5.70 Å². The number of hydrogen-bond donors (Lipinski definition) is 1. The number of aliphatic hydroxyl groups excluding tert-OH is 1. The first-order chi connectivity index (χ1) is 8.22. The minimum absolute atomic E-state index is 0.186. The van der Waals surface area contributed by atoms with Gasteiger partial charge >= 0.3 is 5.97 Å². The zero-order valence-electron chi connectivity index (χ0n) is 9.37. The van der Waals surface area contributed by atoms with Gasteiger partial charge in [-0.05, 0) is 5.56 Å². The van der Waals surface area contributed by atoms with Crippen LogP contribution in [-0.2, 0) is 20.9 Å². The number of nitrogens with zero attached hydrogens (tertiary/aromatic N) is 1. The summed E-state index contributed by atoms with van der Waals surface area (Å²) >= 11 is 0. The Morgan fingerprint density at radius 2 is 2.06 bits per heavy atom. The summed E-state index contributed by atoms with van der Waals surface area (Å²) in [5, 5.41) is 8.94.